The van der Waals surface area contributed by atoms with E-state index >= 15 is 0 Å². The Hall–Kier alpha value is -2.48. The number of benzene rings is 1. The summed E-state index contributed by atoms with van der Waals surface area (Å²) in [6.07, 6.45) is 1.84. The molecule has 2 aromatic heterocycles. The molecule has 1 aliphatic rings. The molecule has 0 amide bonds. The largest absolute Gasteiger partial charge is 0.466 e. The molecule has 0 radical (unpaired) electrons. The lowest BCUT2D eigenvalue weighted by molar-refractivity contribution is -0.136. The van der Waals surface area contributed by atoms with E-state index < -0.39 is 12.0 Å². The second kappa shape index (κ2) is 7.50. The number of thiophene rings is 1. The quantitative estimate of drug-likeness (QED) is 0.600. The number of allylic oxidation sites excluding steroid dienone is 1. The molecule has 0 aliphatic carbocycles. The van der Waals surface area contributed by atoms with E-state index in [9.17, 15) is 9.59 Å². The summed E-state index contributed by atoms with van der Waals surface area (Å²) in [6, 6.07) is 10.4. The number of nitrogens with zero attached hydrogens (tertiary/aromatic N) is 2. The molecular weight excluding hydrogens is 416 g/mol. The third kappa shape index (κ3) is 3.15. The predicted octanol–water partition coefficient (Wildman–Crippen LogP) is 3.12. The van der Waals surface area contributed by atoms with Crippen molar-refractivity contribution in [2.45, 2.75) is 13.0 Å². The predicted molar refractivity (Wildman–Crippen MR) is 112 cm³/mol. The van der Waals surface area contributed by atoms with Gasteiger partial charge in [-0.1, -0.05) is 47.2 Å². The van der Waals surface area contributed by atoms with Gasteiger partial charge >= 0.3 is 5.97 Å². The van der Waals surface area contributed by atoms with Crippen molar-refractivity contribution in [3.63, 3.8) is 0 Å². The molecule has 5 nitrogen and oxygen atoms in total. The van der Waals surface area contributed by atoms with E-state index in [-0.39, 0.29) is 5.56 Å². The second-order valence-corrected chi connectivity index (χ2v) is 8.51. The highest BCUT2D eigenvalue weighted by atomic mass is 35.5. The molecule has 1 aliphatic heterocycles. The van der Waals surface area contributed by atoms with Gasteiger partial charge in [-0.3, -0.25) is 9.36 Å². The minimum atomic E-state index is -0.692. The third-order valence-electron chi connectivity index (χ3n) is 4.44. The van der Waals surface area contributed by atoms with E-state index in [0.717, 1.165) is 4.88 Å². The van der Waals surface area contributed by atoms with Crippen molar-refractivity contribution < 1.29 is 9.53 Å². The zero-order valence-electron chi connectivity index (χ0n) is 15.0. The van der Waals surface area contributed by atoms with Gasteiger partial charge in [-0.2, -0.15) is 0 Å². The summed E-state index contributed by atoms with van der Waals surface area (Å²) in [5.41, 5.74) is 1.27. The molecular formula is C20H15ClN2O3S2. The topological polar surface area (TPSA) is 60.7 Å². The minimum Gasteiger partial charge on any atom is -0.466 e. The number of methoxy groups -OCH3 is 1. The van der Waals surface area contributed by atoms with Gasteiger partial charge in [-0.05, 0) is 36.1 Å². The van der Waals surface area contributed by atoms with Gasteiger partial charge in [-0.25, -0.2) is 9.79 Å². The van der Waals surface area contributed by atoms with Gasteiger partial charge in [0, 0.05) is 9.90 Å². The average molecular weight is 431 g/mol. The first-order chi connectivity index (χ1) is 13.5. The van der Waals surface area contributed by atoms with Crippen LogP contribution < -0.4 is 14.9 Å². The molecule has 1 aromatic carbocycles. The third-order valence-corrected chi connectivity index (χ3v) is 6.59. The zero-order valence-corrected chi connectivity index (χ0v) is 17.4. The van der Waals surface area contributed by atoms with E-state index in [0.29, 0.717) is 31.2 Å². The van der Waals surface area contributed by atoms with E-state index in [1.54, 1.807) is 30.4 Å². The number of aromatic nitrogens is 1. The highest BCUT2D eigenvalue weighted by Crippen LogP contribution is 2.34. The summed E-state index contributed by atoms with van der Waals surface area (Å²) >= 11 is 9.28. The standard InChI is InChI=1S/C20H15ClN2O3S2/c1-11-16(19(25)26-2)17(13-7-3-4-8-14(13)21)23-18(24)15(28-20(23)22-11)10-12-6-5-9-27-12/h3-10,17H,1-2H3/t17-/m0/s1. The van der Waals surface area contributed by atoms with Crippen molar-refractivity contribution in [1.29, 1.82) is 0 Å². The first-order valence-electron chi connectivity index (χ1n) is 8.40. The van der Waals surface area contributed by atoms with Crippen LogP contribution in [0, 0.1) is 0 Å². The van der Waals surface area contributed by atoms with Crippen LogP contribution in [0.5, 0.6) is 0 Å². The van der Waals surface area contributed by atoms with E-state index in [4.69, 9.17) is 16.3 Å². The van der Waals surface area contributed by atoms with Crippen LogP contribution in [0.2, 0.25) is 5.02 Å². The molecule has 3 aromatic rings. The Morgan fingerprint density at radius 1 is 1.29 bits per heavy atom. The van der Waals surface area contributed by atoms with Crippen LogP contribution >= 0.6 is 34.3 Å². The van der Waals surface area contributed by atoms with Crippen molar-refractivity contribution in [2.24, 2.45) is 4.99 Å². The lowest BCUT2D eigenvalue weighted by Crippen LogP contribution is -2.39. The summed E-state index contributed by atoms with van der Waals surface area (Å²) in [5, 5.41) is 2.42. The van der Waals surface area contributed by atoms with Crippen LogP contribution in [0.25, 0.3) is 6.08 Å². The van der Waals surface area contributed by atoms with Crippen molar-refractivity contribution in [1.82, 2.24) is 4.57 Å². The van der Waals surface area contributed by atoms with Crippen molar-refractivity contribution in [2.75, 3.05) is 7.11 Å². The first kappa shape index (κ1) is 18.9. The Morgan fingerprint density at radius 2 is 2.07 bits per heavy atom. The summed E-state index contributed by atoms with van der Waals surface area (Å²) in [6.45, 7) is 1.74. The number of hydrogen-bond donors (Lipinski definition) is 0. The maximum Gasteiger partial charge on any atom is 0.338 e. The molecule has 0 saturated carbocycles. The normalized spacial score (nSPS) is 16.7. The molecule has 0 unspecified atom stereocenters. The lowest BCUT2D eigenvalue weighted by Gasteiger charge is -2.25. The van der Waals surface area contributed by atoms with Crippen molar-refractivity contribution in [3.05, 3.63) is 88.2 Å². The van der Waals surface area contributed by atoms with Gasteiger partial charge in [0.05, 0.1) is 22.9 Å². The monoisotopic (exact) mass is 430 g/mol. The molecule has 142 valence electrons. The maximum atomic E-state index is 13.3. The summed E-state index contributed by atoms with van der Waals surface area (Å²) in [7, 11) is 1.31. The molecule has 0 fully saturated rings. The molecule has 0 N–H and O–H groups in total. The number of ether oxygens (including phenoxy) is 1. The molecule has 3 heterocycles. The SMILES string of the molecule is COC(=O)C1=C(C)N=c2sc(=Cc3cccs3)c(=O)n2[C@H]1c1ccccc1Cl. The van der Waals surface area contributed by atoms with E-state index in [1.807, 2.05) is 35.7 Å². The van der Waals surface area contributed by atoms with Crippen molar-refractivity contribution in [3.8, 4) is 0 Å². The van der Waals surface area contributed by atoms with Crippen LogP contribution in [-0.2, 0) is 9.53 Å². The van der Waals surface area contributed by atoms with Gasteiger partial charge in [0.15, 0.2) is 4.80 Å². The average Bonchev–Trinajstić information content (AvgIpc) is 3.29. The number of fused-ring (bicyclic) bond motifs is 1. The molecule has 0 bridgehead atoms. The summed E-state index contributed by atoms with van der Waals surface area (Å²) in [4.78, 5) is 31.8. The number of esters is 1. The number of thiazole rings is 1. The zero-order chi connectivity index (χ0) is 19.8. The fourth-order valence-corrected chi connectivity index (χ4v) is 5.19. The fourth-order valence-electron chi connectivity index (χ4n) is 3.19. The van der Waals surface area contributed by atoms with Gasteiger partial charge in [-0.15, -0.1) is 11.3 Å². The first-order valence-corrected chi connectivity index (χ1v) is 10.5. The minimum absolute atomic E-state index is 0.212. The smallest absolute Gasteiger partial charge is 0.338 e. The van der Waals surface area contributed by atoms with Gasteiger partial charge < -0.3 is 4.74 Å². The van der Waals surface area contributed by atoms with Crippen LogP contribution in [-0.4, -0.2) is 17.6 Å². The Morgan fingerprint density at radius 3 is 2.75 bits per heavy atom. The van der Waals surface area contributed by atoms with Gasteiger partial charge in [0.25, 0.3) is 5.56 Å². The molecule has 0 saturated heterocycles. The van der Waals surface area contributed by atoms with Crippen LogP contribution in [0.4, 0.5) is 0 Å². The number of rotatable bonds is 3. The van der Waals surface area contributed by atoms with Crippen LogP contribution in [0.3, 0.4) is 0 Å². The molecule has 8 heteroatoms. The molecule has 0 spiro atoms. The van der Waals surface area contributed by atoms with Crippen LogP contribution in [0.15, 0.2) is 62.8 Å². The lowest BCUT2D eigenvalue weighted by atomic mass is 9.96. The summed E-state index contributed by atoms with van der Waals surface area (Å²) in [5.74, 6) is -0.529. The summed E-state index contributed by atoms with van der Waals surface area (Å²) < 4.78 is 7.07. The Bertz CT molecular complexity index is 1270. The van der Waals surface area contributed by atoms with Crippen LogP contribution in [0.1, 0.15) is 23.4 Å². The number of carbonyl (C=O) groups excluding carboxylic acids is 1. The molecule has 4 rings (SSSR count). The highest BCUT2D eigenvalue weighted by Gasteiger charge is 2.34. The van der Waals surface area contributed by atoms with Gasteiger partial charge in [0.1, 0.15) is 6.04 Å². The Balaban J connectivity index is 2.03. The molecule has 1 atom stereocenters. The maximum absolute atomic E-state index is 13.3. The fraction of sp³-hybridized carbons (Fsp3) is 0.150. The van der Waals surface area contributed by atoms with Gasteiger partial charge in [0.2, 0.25) is 0 Å². The van der Waals surface area contributed by atoms with E-state index in [1.165, 1.54) is 23.0 Å². The highest BCUT2D eigenvalue weighted by molar-refractivity contribution is 7.11. The Labute approximate surface area is 173 Å². The van der Waals surface area contributed by atoms with E-state index in [2.05, 4.69) is 4.99 Å². The number of halogens is 1. The molecule has 28 heavy (non-hydrogen) atoms. The Kier molecular flexibility index (Phi) is 5.05. The number of hydrogen-bond acceptors (Lipinski definition) is 6. The number of carbonyl (C=O) groups is 1. The van der Waals surface area contributed by atoms with Crippen molar-refractivity contribution >= 4 is 46.3 Å². The second-order valence-electron chi connectivity index (χ2n) is 6.11.